The Labute approximate surface area is 96.5 Å². The maximum atomic E-state index is 7.94. The first-order valence-electron chi connectivity index (χ1n) is 5.22. The van der Waals surface area contributed by atoms with E-state index >= 15 is 0 Å². The largest absolute Gasteiger partial charge is 0.330 e. The summed E-state index contributed by atoms with van der Waals surface area (Å²) in [5.74, 6) is 0. The molecule has 0 aliphatic heterocycles. The van der Waals surface area contributed by atoms with E-state index in [1.54, 1.807) is 6.20 Å². The van der Waals surface area contributed by atoms with Crippen molar-refractivity contribution in [3.8, 4) is 6.07 Å². The molecule has 1 heterocycles. The number of aromatic nitrogens is 1. The van der Waals surface area contributed by atoms with E-state index in [4.69, 9.17) is 16.7 Å². The zero-order valence-corrected chi connectivity index (χ0v) is 9.39. The van der Waals surface area contributed by atoms with Crippen LogP contribution in [-0.2, 0) is 6.42 Å². The number of pyridine rings is 1. The number of hydrogen-bond acceptors (Lipinski definition) is 5. The summed E-state index contributed by atoms with van der Waals surface area (Å²) < 4.78 is 0. The second-order valence-electron chi connectivity index (χ2n) is 2.98. The van der Waals surface area contributed by atoms with Gasteiger partial charge in [0.25, 0.3) is 0 Å². The third-order valence-electron chi connectivity index (χ3n) is 1.65. The minimum atomic E-state index is 0.400. The molecule has 5 nitrogen and oxygen atoms in total. The zero-order valence-electron chi connectivity index (χ0n) is 9.39. The molecule has 0 amide bonds. The molecule has 0 aliphatic carbocycles. The van der Waals surface area contributed by atoms with E-state index in [0.717, 1.165) is 18.7 Å². The van der Waals surface area contributed by atoms with Crippen molar-refractivity contribution in [1.29, 1.82) is 5.26 Å². The van der Waals surface area contributed by atoms with Crippen LogP contribution in [0.2, 0.25) is 0 Å². The van der Waals surface area contributed by atoms with Crippen LogP contribution in [0.5, 0.6) is 0 Å². The van der Waals surface area contributed by atoms with Gasteiger partial charge in [0.15, 0.2) is 0 Å². The van der Waals surface area contributed by atoms with Crippen molar-refractivity contribution in [1.82, 2.24) is 10.3 Å². The summed E-state index contributed by atoms with van der Waals surface area (Å²) in [6, 6.07) is 7.79. The third kappa shape index (κ3) is 9.09. The van der Waals surface area contributed by atoms with Crippen LogP contribution in [0.15, 0.2) is 24.4 Å². The van der Waals surface area contributed by atoms with Gasteiger partial charge in [-0.2, -0.15) is 5.26 Å². The van der Waals surface area contributed by atoms with Gasteiger partial charge in [-0.25, -0.2) is 0 Å². The molecule has 0 fully saturated rings. The van der Waals surface area contributed by atoms with Crippen LogP contribution in [-0.4, -0.2) is 31.2 Å². The molecule has 1 aromatic heterocycles. The lowest BCUT2D eigenvalue weighted by atomic mass is 10.3. The Kier molecular flexibility index (Phi) is 10.5. The van der Waals surface area contributed by atoms with Crippen molar-refractivity contribution in [2.24, 2.45) is 11.5 Å². The molecule has 0 saturated carbocycles. The molecule has 5 N–H and O–H groups in total. The fraction of sp³-hybridized carbons (Fsp3) is 0.455. The van der Waals surface area contributed by atoms with Gasteiger partial charge in [0.05, 0.1) is 12.6 Å². The molecule has 1 aromatic rings. The summed E-state index contributed by atoms with van der Waals surface area (Å²) in [5, 5.41) is 10.7. The second kappa shape index (κ2) is 11.6. The number of hydrogen-bond donors (Lipinski definition) is 3. The van der Waals surface area contributed by atoms with Crippen molar-refractivity contribution in [3.05, 3.63) is 30.1 Å². The number of nitrogens with two attached hydrogens (primary N) is 2. The topological polar surface area (TPSA) is 101 Å². The van der Waals surface area contributed by atoms with E-state index in [1.165, 1.54) is 0 Å². The average molecular weight is 221 g/mol. The molecular formula is C11H19N5. The summed E-state index contributed by atoms with van der Waals surface area (Å²) in [5.41, 5.74) is 11.5. The van der Waals surface area contributed by atoms with Crippen molar-refractivity contribution in [2.45, 2.75) is 6.42 Å². The van der Waals surface area contributed by atoms with Gasteiger partial charge in [0.2, 0.25) is 0 Å². The molecule has 0 saturated heterocycles. The van der Waals surface area contributed by atoms with Gasteiger partial charge < -0.3 is 16.8 Å². The predicted octanol–water partition coefficient (Wildman–Crippen LogP) is -0.359. The highest BCUT2D eigenvalue weighted by atomic mass is 14.9. The molecule has 5 heteroatoms. The van der Waals surface area contributed by atoms with Gasteiger partial charge in [0.1, 0.15) is 0 Å². The van der Waals surface area contributed by atoms with E-state index in [1.807, 2.05) is 24.3 Å². The SMILES string of the molecule is N#CCNCCN.NCCc1ccccn1. The first-order valence-corrected chi connectivity index (χ1v) is 5.22. The van der Waals surface area contributed by atoms with Gasteiger partial charge in [0, 0.05) is 31.4 Å². The highest BCUT2D eigenvalue weighted by Gasteiger charge is 1.86. The summed E-state index contributed by atoms with van der Waals surface area (Å²) >= 11 is 0. The van der Waals surface area contributed by atoms with Crippen LogP contribution >= 0.6 is 0 Å². The molecule has 0 radical (unpaired) electrons. The highest BCUT2D eigenvalue weighted by molar-refractivity contribution is 5.03. The van der Waals surface area contributed by atoms with Crippen molar-refractivity contribution >= 4 is 0 Å². The third-order valence-corrected chi connectivity index (χ3v) is 1.65. The lowest BCUT2D eigenvalue weighted by molar-refractivity contribution is 0.759. The van der Waals surface area contributed by atoms with Crippen molar-refractivity contribution in [3.63, 3.8) is 0 Å². The van der Waals surface area contributed by atoms with Crippen molar-refractivity contribution in [2.75, 3.05) is 26.2 Å². The van der Waals surface area contributed by atoms with Gasteiger partial charge >= 0.3 is 0 Å². The van der Waals surface area contributed by atoms with Crippen LogP contribution in [0.3, 0.4) is 0 Å². The summed E-state index contributed by atoms with van der Waals surface area (Å²) in [6.45, 7) is 2.41. The first-order chi connectivity index (χ1) is 7.85. The van der Waals surface area contributed by atoms with Crippen LogP contribution < -0.4 is 16.8 Å². The monoisotopic (exact) mass is 221 g/mol. The average Bonchev–Trinajstić information content (AvgIpc) is 2.32. The van der Waals surface area contributed by atoms with Gasteiger partial charge in [-0.15, -0.1) is 0 Å². The normalized spacial score (nSPS) is 8.81. The maximum Gasteiger partial charge on any atom is 0.0841 e. The zero-order chi connectivity index (χ0) is 12.1. The molecular weight excluding hydrogens is 202 g/mol. The van der Waals surface area contributed by atoms with Gasteiger partial charge in [-0.05, 0) is 18.7 Å². The molecule has 0 atom stereocenters. The minimum absolute atomic E-state index is 0.400. The Morgan fingerprint density at radius 3 is 2.62 bits per heavy atom. The van der Waals surface area contributed by atoms with Crippen LogP contribution in [0.4, 0.5) is 0 Å². The summed E-state index contributed by atoms with van der Waals surface area (Å²) in [6.07, 6.45) is 2.66. The Hall–Kier alpha value is -1.48. The van der Waals surface area contributed by atoms with Crippen LogP contribution in [0, 0.1) is 11.3 Å². The number of nitrogens with one attached hydrogen (secondary N) is 1. The molecule has 16 heavy (non-hydrogen) atoms. The van der Waals surface area contributed by atoms with E-state index in [9.17, 15) is 0 Å². The molecule has 0 unspecified atom stereocenters. The molecule has 1 rings (SSSR count). The Balaban J connectivity index is 0.000000293. The Morgan fingerprint density at radius 1 is 1.31 bits per heavy atom. The lowest BCUT2D eigenvalue weighted by Crippen LogP contribution is -2.22. The van der Waals surface area contributed by atoms with E-state index in [2.05, 4.69) is 10.3 Å². The quantitative estimate of drug-likeness (QED) is 0.465. The number of nitrogens with zero attached hydrogens (tertiary/aromatic N) is 2. The lowest BCUT2D eigenvalue weighted by Gasteiger charge is -1.92. The first kappa shape index (κ1) is 14.5. The van der Waals surface area contributed by atoms with E-state index < -0.39 is 0 Å². The molecule has 0 spiro atoms. The second-order valence-corrected chi connectivity index (χ2v) is 2.98. The summed E-state index contributed by atoms with van der Waals surface area (Å²) in [7, 11) is 0. The van der Waals surface area contributed by atoms with E-state index in [-0.39, 0.29) is 0 Å². The molecule has 0 aromatic carbocycles. The van der Waals surface area contributed by atoms with Crippen molar-refractivity contribution < 1.29 is 0 Å². The van der Waals surface area contributed by atoms with Crippen LogP contribution in [0.25, 0.3) is 0 Å². The smallest absolute Gasteiger partial charge is 0.0841 e. The Bertz CT molecular complexity index is 280. The summed E-state index contributed by atoms with van der Waals surface area (Å²) in [4.78, 5) is 4.09. The Morgan fingerprint density at radius 2 is 2.12 bits per heavy atom. The van der Waals surface area contributed by atoms with Gasteiger partial charge in [-0.1, -0.05) is 6.07 Å². The highest BCUT2D eigenvalue weighted by Crippen LogP contribution is 1.91. The predicted molar refractivity (Wildman–Crippen MR) is 64.5 cm³/mol. The number of rotatable bonds is 5. The minimum Gasteiger partial charge on any atom is -0.330 e. The molecule has 0 bridgehead atoms. The van der Waals surface area contributed by atoms with Gasteiger partial charge in [-0.3, -0.25) is 4.98 Å². The molecule has 88 valence electrons. The number of nitriles is 1. The fourth-order valence-electron chi connectivity index (χ4n) is 0.940. The standard InChI is InChI=1S/C7H10N2.C4H9N3/c8-5-4-7-3-1-2-6-9-7;5-1-3-7-4-2-6/h1-3,6H,4-5,8H2;7H,1,3-5H2. The van der Waals surface area contributed by atoms with E-state index in [0.29, 0.717) is 19.6 Å². The van der Waals surface area contributed by atoms with Crippen LogP contribution in [0.1, 0.15) is 5.69 Å². The fourth-order valence-corrected chi connectivity index (χ4v) is 0.940. The maximum absolute atomic E-state index is 7.94. The molecule has 0 aliphatic rings.